The molecule has 2 fully saturated rings. The lowest BCUT2D eigenvalue weighted by atomic mass is 10.0. The first-order valence-corrected chi connectivity index (χ1v) is 11.6. The summed E-state index contributed by atoms with van der Waals surface area (Å²) in [5, 5.41) is 1.04. The predicted octanol–water partition coefficient (Wildman–Crippen LogP) is 5.18. The number of likely N-dealkylation sites (tertiary alicyclic amines) is 1. The molecule has 31 heavy (non-hydrogen) atoms. The van der Waals surface area contributed by atoms with Crippen LogP contribution >= 0.6 is 11.3 Å². The Kier molecular flexibility index (Phi) is 5.08. The number of carbonyl (C=O) groups excluding carboxylic acids is 1. The highest BCUT2D eigenvalue weighted by atomic mass is 32.1. The van der Waals surface area contributed by atoms with Gasteiger partial charge in [-0.25, -0.2) is 9.97 Å². The highest BCUT2D eigenvalue weighted by Gasteiger charge is 2.35. The van der Waals surface area contributed by atoms with Crippen LogP contribution in [0, 0.1) is 13.8 Å². The van der Waals surface area contributed by atoms with Crippen molar-refractivity contribution in [1.82, 2.24) is 14.9 Å². The molecule has 5 rings (SSSR count). The van der Waals surface area contributed by atoms with Gasteiger partial charge in [0.05, 0.1) is 30.8 Å². The molecule has 2 aromatic heterocycles. The maximum absolute atomic E-state index is 13.7. The van der Waals surface area contributed by atoms with E-state index >= 15 is 0 Å². The molecule has 1 unspecified atom stereocenters. The van der Waals surface area contributed by atoms with Crippen molar-refractivity contribution in [3.63, 3.8) is 0 Å². The maximum atomic E-state index is 13.7. The van der Waals surface area contributed by atoms with Gasteiger partial charge in [-0.15, -0.1) is 11.3 Å². The average molecular weight is 438 g/mol. The van der Waals surface area contributed by atoms with Crippen LogP contribution in [0.1, 0.15) is 70.0 Å². The first-order chi connectivity index (χ1) is 15.0. The van der Waals surface area contributed by atoms with E-state index in [-0.39, 0.29) is 11.9 Å². The van der Waals surface area contributed by atoms with Crippen molar-refractivity contribution >= 4 is 27.5 Å². The summed E-state index contributed by atoms with van der Waals surface area (Å²) in [4.78, 5) is 27.0. The van der Waals surface area contributed by atoms with Crippen LogP contribution in [0.2, 0.25) is 0 Å². The zero-order valence-electron chi connectivity index (χ0n) is 18.4. The molecule has 1 saturated heterocycles. The van der Waals surface area contributed by atoms with E-state index in [1.54, 1.807) is 14.2 Å². The van der Waals surface area contributed by atoms with Gasteiger partial charge in [0.2, 0.25) is 0 Å². The number of thiophene rings is 1. The van der Waals surface area contributed by atoms with E-state index in [2.05, 4.69) is 0 Å². The molecule has 2 aliphatic rings. The Morgan fingerprint density at radius 2 is 1.94 bits per heavy atom. The van der Waals surface area contributed by atoms with Crippen LogP contribution in [0.3, 0.4) is 0 Å². The highest BCUT2D eigenvalue weighted by Crippen LogP contribution is 2.43. The van der Waals surface area contributed by atoms with Gasteiger partial charge in [-0.05, 0) is 57.2 Å². The van der Waals surface area contributed by atoms with Crippen molar-refractivity contribution in [3.05, 3.63) is 45.7 Å². The molecule has 6 nitrogen and oxygen atoms in total. The Hall–Kier alpha value is -2.67. The van der Waals surface area contributed by atoms with Crippen molar-refractivity contribution in [2.24, 2.45) is 0 Å². The largest absolute Gasteiger partial charge is 0.497 e. The minimum Gasteiger partial charge on any atom is -0.497 e. The van der Waals surface area contributed by atoms with E-state index < -0.39 is 0 Å². The molecule has 1 aliphatic carbocycles. The van der Waals surface area contributed by atoms with E-state index in [0.717, 1.165) is 68.6 Å². The van der Waals surface area contributed by atoms with Crippen molar-refractivity contribution in [3.8, 4) is 11.5 Å². The Balaban J connectivity index is 1.51. The second-order valence-corrected chi connectivity index (χ2v) is 9.44. The monoisotopic (exact) mass is 437 g/mol. The predicted molar refractivity (Wildman–Crippen MR) is 121 cm³/mol. The summed E-state index contributed by atoms with van der Waals surface area (Å²) in [5.74, 6) is 3.01. The molecule has 3 heterocycles. The zero-order valence-corrected chi connectivity index (χ0v) is 19.2. The molecule has 0 spiro atoms. The highest BCUT2D eigenvalue weighted by molar-refractivity contribution is 7.20. The van der Waals surface area contributed by atoms with Crippen LogP contribution < -0.4 is 9.47 Å². The summed E-state index contributed by atoms with van der Waals surface area (Å²) < 4.78 is 11.0. The third-order valence-electron chi connectivity index (χ3n) is 6.44. The number of carbonyl (C=O) groups is 1. The van der Waals surface area contributed by atoms with Gasteiger partial charge in [-0.2, -0.15) is 0 Å². The Bertz CT molecular complexity index is 1170. The molecular formula is C24H27N3O3S. The molecule has 162 valence electrons. The fourth-order valence-electron chi connectivity index (χ4n) is 4.65. The molecule has 0 bridgehead atoms. The van der Waals surface area contributed by atoms with Crippen LogP contribution in [0.15, 0.2) is 18.2 Å². The van der Waals surface area contributed by atoms with Crippen molar-refractivity contribution in [2.45, 2.75) is 51.5 Å². The SMILES string of the molecule is COc1ccc(C2CCCN2C(=O)c2sc3nc(C4CC4)nc(C)c3c2C)c(OC)c1. The Labute approximate surface area is 186 Å². The van der Waals surface area contributed by atoms with Gasteiger partial charge in [0.25, 0.3) is 5.91 Å². The first-order valence-electron chi connectivity index (χ1n) is 10.8. The van der Waals surface area contributed by atoms with Gasteiger partial charge in [0, 0.05) is 29.5 Å². The van der Waals surface area contributed by atoms with E-state index in [9.17, 15) is 4.79 Å². The quantitative estimate of drug-likeness (QED) is 0.550. The van der Waals surface area contributed by atoms with E-state index in [0.29, 0.717) is 5.92 Å². The third kappa shape index (κ3) is 3.45. The number of aryl methyl sites for hydroxylation is 2. The molecule has 1 atom stereocenters. The summed E-state index contributed by atoms with van der Waals surface area (Å²) in [7, 11) is 3.30. The smallest absolute Gasteiger partial charge is 0.264 e. The fraction of sp³-hybridized carbons (Fsp3) is 0.458. The zero-order chi connectivity index (χ0) is 21.7. The van der Waals surface area contributed by atoms with Crippen LogP contribution in [0.4, 0.5) is 0 Å². The van der Waals surface area contributed by atoms with Crippen LogP contribution in [0.5, 0.6) is 11.5 Å². The van der Waals surface area contributed by atoms with Crippen LogP contribution in [0.25, 0.3) is 10.2 Å². The molecule has 1 amide bonds. The van der Waals surface area contributed by atoms with Gasteiger partial charge in [-0.1, -0.05) is 0 Å². The number of rotatable bonds is 5. The number of benzene rings is 1. The number of methoxy groups -OCH3 is 2. The average Bonchev–Trinajstić information content (AvgIpc) is 3.42. The van der Waals surface area contributed by atoms with Gasteiger partial charge in [-0.3, -0.25) is 4.79 Å². The second-order valence-electron chi connectivity index (χ2n) is 8.44. The third-order valence-corrected chi connectivity index (χ3v) is 7.61. The van der Waals surface area contributed by atoms with Crippen LogP contribution in [-0.2, 0) is 0 Å². The number of hydrogen-bond donors (Lipinski definition) is 0. The molecule has 1 aromatic carbocycles. The molecule has 1 saturated carbocycles. The number of nitrogens with zero attached hydrogens (tertiary/aromatic N) is 3. The normalized spacial score (nSPS) is 18.6. The molecular weight excluding hydrogens is 410 g/mol. The summed E-state index contributed by atoms with van der Waals surface area (Å²) in [5.41, 5.74) is 3.01. The van der Waals surface area contributed by atoms with Crippen molar-refractivity contribution in [2.75, 3.05) is 20.8 Å². The van der Waals surface area contributed by atoms with Crippen molar-refractivity contribution in [1.29, 1.82) is 0 Å². The summed E-state index contributed by atoms with van der Waals surface area (Å²) in [6, 6.07) is 5.83. The lowest BCUT2D eigenvalue weighted by Crippen LogP contribution is -2.30. The number of amides is 1. The summed E-state index contributed by atoms with van der Waals surface area (Å²) in [6.07, 6.45) is 4.23. The fourth-order valence-corrected chi connectivity index (χ4v) is 5.84. The molecule has 0 N–H and O–H groups in total. The molecule has 7 heteroatoms. The Morgan fingerprint density at radius 1 is 1.13 bits per heavy atom. The Morgan fingerprint density at radius 3 is 2.65 bits per heavy atom. The molecule has 3 aromatic rings. The molecule has 0 radical (unpaired) electrons. The lowest BCUT2D eigenvalue weighted by Gasteiger charge is -2.26. The molecule has 1 aliphatic heterocycles. The van der Waals surface area contributed by atoms with Gasteiger partial charge in [0.1, 0.15) is 22.2 Å². The maximum Gasteiger partial charge on any atom is 0.264 e. The minimum atomic E-state index is -0.00725. The van der Waals surface area contributed by atoms with E-state index in [4.69, 9.17) is 19.4 Å². The first kappa shape index (κ1) is 20.2. The minimum absolute atomic E-state index is 0.00725. The second kappa shape index (κ2) is 7.79. The standard InChI is InChI=1S/C24H27N3O3S/c1-13-20-14(2)25-22(15-7-8-15)26-23(20)31-21(13)24(28)27-11-5-6-18(27)17-10-9-16(29-3)12-19(17)30-4/h9-10,12,15,18H,5-8,11H2,1-4H3. The van der Waals surface area contributed by atoms with E-state index in [1.807, 2.05) is 36.9 Å². The topological polar surface area (TPSA) is 64.5 Å². The summed E-state index contributed by atoms with van der Waals surface area (Å²) >= 11 is 1.51. The van der Waals surface area contributed by atoms with E-state index in [1.165, 1.54) is 24.2 Å². The number of hydrogen-bond acceptors (Lipinski definition) is 6. The summed E-state index contributed by atoms with van der Waals surface area (Å²) in [6.45, 7) is 4.80. The van der Waals surface area contributed by atoms with Crippen molar-refractivity contribution < 1.29 is 14.3 Å². The van der Waals surface area contributed by atoms with Crippen LogP contribution in [-0.4, -0.2) is 41.5 Å². The lowest BCUT2D eigenvalue weighted by molar-refractivity contribution is 0.0738. The number of ether oxygens (including phenoxy) is 2. The number of aromatic nitrogens is 2. The van der Waals surface area contributed by atoms with Gasteiger partial charge in [0.15, 0.2) is 0 Å². The van der Waals surface area contributed by atoms with Gasteiger partial charge < -0.3 is 14.4 Å². The number of fused-ring (bicyclic) bond motifs is 1. The van der Waals surface area contributed by atoms with Gasteiger partial charge >= 0.3 is 0 Å².